The van der Waals surface area contributed by atoms with Crippen molar-refractivity contribution in [2.45, 2.75) is 80.5 Å². The summed E-state index contributed by atoms with van der Waals surface area (Å²) in [6, 6.07) is 3.25. The maximum atomic E-state index is 13.6. The number of oxazole rings is 1. The van der Waals surface area contributed by atoms with E-state index in [1.807, 2.05) is 4.90 Å². The van der Waals surface area contributed by atoms with Crippen LogP contribution in [0.25, 0.3) is 0 Å². The van der Waals surface area contributed by atoms with Gasteiger partial charge in [-0.3, -0.25) is 4.79 Å². The van der Waals surface area contributed by atoms with Crippen LogP contribution >= 0.6 is 11.8 Å². The molecule has 3 fully saturated rings. The van der Waals surface area contributed by atoms with Gasteiger partial charge in [-0.2, -0.15) is 18.2 Å². The Hall–Kier alpha value is -2.96. The average molecular weight is 568 g/mol. The molecule has 2 amide bonds. The molecule has 0 unspecified atom stereocenters. The molecule has 0 spiro atoms. The smallest absolute Gasteiger partial charge is 0.437 e. The van der Waals surface area contributed by atoms with E-state index in [4.69, 9.17) is 9.15 Å². The molecule has 0 aromatic carbocycles. The van der Waals surface area contributed by atoms with E-state index in [2.05, 4.69) is 15.3 Å². The first-order chi connectivity index (χ1) is 18.8. The van der Waals surface area contributed by atoms with Crippen molar-refractivity contribution in [3.63, 3.8) is 0 Å². The number of hydrogen-bond donors (Lipinski definition) is 1. The molecule has 1 saturated heterocycles. The number of ether oxygens (including phenoxy) is 1. The van der Waals surface area contributed by atoms with Crippen LogP contribution in [-0.2, 0) is 10.9 Å². The van der Waals surface area contributed by atoms with Crippen LogP contribution in [0.1, 0.15) is 74.0 Å². The zero-order chi connectivity index (χ0) is 27.4. The molecule has 13 heteroatoms. The van der Waals surface area contributed by atoms with E-state index in [0.29, 0.717) is 32.0 Å². The highest BCUT2D eigenvalue weighted by molar-refractivity contribution is 7.99. The van der Waals surface area contributed by atoms with Crippen LogP contribution in [0.5, 0.6) is 0 Å². The van der Waals surface area contributed by atoms with Crippen LogP contribution in [-0.4, -0.2) is 64.4 Å². The lowest BCUT2D eigenvalue weighted by molar-refractivity contribution is -0.141. The normalized spacial score (nSPS) is 19.4. The van der Waals surface area contributed by atoms with Crippen LogP contribution in [0.15, 0.2) is 28.0 Å². The number of carbonyl (C=O) groups is 2. The molecule has 0 radical (unpaired) electrons. The van der Waals surface area contributed by atoms with Crippen molar-refractivity contribution < 1.29 is 31.9 Å². The summed E-state index contributed by atoms with van der Waals surface area (Å²) in [5.74, 6) is -1.25. The summed E-state index contributed by atoms with van der Waals surface area (Å²) >= 11 is 1.16. The summed E-state index contributed by atoms with van der Waals surface area (Å²) < 4.78 is 51.7. The second kappa shape index (κ2) is 12.1. The number of rotatable bonds is 6. The van der Waals surface area contributed by atoms with Crippen LogP contribution < -0.4 is 10.2 Å². The Balaban J connectivity index is 1.17. The molecule has 5 rings (SSSR count). The molecule has 9 nitrogen and oxygen atoms in total. The third-order valence-corrected chi connectivity index (χ3v) is 8.52. The summed E-state index contributed by atoms with van der Waals surface area (Å²) in [7, 11) is 0. The first kappa shape index (κ1) is 27.6. The van der Waals surface area contributed by atoms with E-state index in [-0.39, 0.29) is 28.4 Å². The zero-order valence-corrected chi connectivity index (χ0v) is 22.4. The minimum absolute atomic E-state index is 0.0198. The van der Waals surface area contributed by atoms with Gasteiger partial charge >= 0.3 is 12.3 Å². The van der Waals surface area contributed by atoms with Gasteiger partial charge in [0.25, 0.3) is 11.1 Å². The number of piperazine rings is 1. The predicted molar refractivity (Wildman–Crippen MR) is 139 cm³/mol. The molecule has 212 valence electrons. The summed E-state index contributed by atoms with van der Waals surface area (Å²) in [6.45, 7) is 2.12. The lowest BCUT2D eigenvalue weighted by Crippen LogP contribution is -2.49. The molecule has 2 aliphatic carbocycles. The fourth-order valence-electron chi connectivity index (χ4n) is 5.20. The van der Waals surface area contributed by atoms with Gasteiger partial charge in [0.1, 0.15) is 11.9 Å². The molecular weight excluding hydrogens is 535 g/mol. The van der Waals surface area contributed by atoms with Crippen LogP contribution in [0.2, 0.25) is 0 Å². The molecule has 1 aliphatic heterocycles. The van der Waals surface area contributed by atoms with E-state index in [1.165, 1.54) is 6.20 Å². The second-order valence-electron chi connectivity index (χ2n) is 10.2. The predicted octanol–water partition coefficient (Wildman–Crippen LogP) is 5.97. The van der Waals surface area contributed by atoms with E-state index in [0.717, 1.165) is 69.5 Å². The standard InChI is InChI=1S/C26H32F3N5O4S/c27-26(28,29)22-21(38-24(32-22)39-19-8-2-1-3-9-19)23(35)31-17-10-11-20(30-16-17)33-12-14-34(15-13-33)25(36)37-18-6-4-5-7-18/h10-11,16,18-19H,1-9,12-15H2,(H,31,35). The topological polar surface area (TPSA) is 101 Å². The van der Waals surface area contributed by atoms with E-state index >= 15 is 0 Å². The highest BCUT2D eigenvalue weighted by Gasteiger charge is 2.41. The maximum absolute atomic E-state index is 13.6. The fraction of sp³-hybridized carbons (Fsp3) is 0.615. The molecule has 2 aromatic rings. The monoisotopic (exact) mass is 567 g/mol. The van der Waals surface area contributed by atoms with Crippen LogP contribution in [0.4, 0.5) is 29.5 Å². The molecule has 0 bridgehead atoms. The lowest BCUT2D eigenvalue weighted by atomic mass is 10.0. The minimum Gasteiger partial charge on any atom is -0.446 e. The molecule has 3 heterocycles. The average Bonchev–Trinajstić information content (AvgIpc) is 3.60. The Morgan fingerprint density at radius 1 is 1.00 bits per heavy atom. The molecular formula is C26H32F3N5O4S. The number of halogens is 3. The summed E-state index contributed by atoms with van der Waals surface area (Å²) in [5.41, 5.74) is -1.10. The van der Waals surface area contributed by atoms with Gasteiger partial charge < -0.3 is 24.3 Å². The van der Waals surface area contributed by atoms with Gasteiger partial charge in [-0.15, -0.1) is 0 Å². The Labute approximate surface area is 228 Å². The Bertz CT molecular complexity index is 1140. The van der Waals surface area contributed by atoms with Crippen molar-refractivity contribution in [3.05, 3.63) is 29.8 Å². The first-order valence-corrected chi connectivity index (χ1v) is 14.4. The largest absolute Gasteiger partial charge is 0.446 e. The number of nitrogens with one attached hydrogen (secondary N) is 1. The van der Waals surface area contributed by atoms with Crippen molar-refractivity contribution in [1.29, 1.82) is 0 Å². The van der Waals surface area contributed by atoms with Crippen molar-refractivity contribution in [2.75, 3.05) is 36.4 Å². The lowest BCUT2D eigenvalue weighted by Gasteiger charge is -2.35. The van der Waals surface area contributed by atoms with Gasteiger partial charge in [-0.1, -0.05) is 31.0 Å². The van der Waals surface area contributed by atoms with Crippen LogP contribution in [0, 0.1) is 0 Å². The minimum atomic E-state index is -4.82. The molecule has 1 N–H and O–H groups in total. The number of pyridine rings is 1. The van der Waals surface area contributed by atoms with Crippen molar-refractivity contribution in [1.82, 2.24) is 14.9 Å². The van der Waals surface area contributed by atoms with Gasteiger partial charge in [-0.05, 0) is 50.7 Å². The van der Waals surface area contributed by atoms with E-state index in [9.17, 15) is 22.8 Å². The Morgan fingerprint density at radius 2 is 1.69 bits per heavy atom. The molecule has 0 atom stereocenters. The Kier molecular flexibility index (Phi) is 8.53. The van der Waals surface area contributed by atoms with Crippen molar-refractivity contribution >= 4 is 35.3 Å². The number of nitrogens with zero attached hydrogens (tertiary/aromatic N) is 4. The Morgan fingerprint density at radius 3 is 2.33 bits per heavy atom. The summed E-state index contributed by atoms with van der Waals surface area (Å²) in [6.07, 6.45) is 5.25. The molecule has 3 aliphatic rings. The third kappa shape index (κ3) is 6.98. The zero-order valence-electron chi connectivity index (χ0n) is 21.5. The molecule has 39 heavy (non-hydrogen) atoms. The van der Waals surface area contributed by atoms with E-state index < -0.39 is 23.5 Å². The third-order valence-electron chi connectivity index (χ3n) is 7.34. The molecule has 2 saturated carbocycles. The molecule has 2 aromatic heterocycles. The van der Waals surface area contributed by atoms with Crippen LogP contribution in [0.3, 0.4) is 0 Å². The highest BCUT2D eigenvalue weighted by Crippen LogP contribution is 2.38. The van der Waals surface area contributed by atoms with Gasteiger partial charge in [-0.25, -0.2) is 9.78 Å². The number of amides is 2. The highest BCUT2D eigenvalue weighted by atomic mass is 32.2. The van der Waals surface area contributed by atoms with Gasteiger partial charge in [0, 0.05) is 31.4 Å². The van der Waals surface area contributed by atoms with Gasteiger partial charge in [0.05, 0.1) is 11.9 Å². The number of anilines is 2. The van der Waals surface area contributed by atoms with Gasteiger partial charge in [0.15, 0.2) is 5.69 Å². The van der Waals surface area contributed by atoms with Crippen molar-refractivity contribution in [2.24, 2.45) is 0 Å². The maximum Gasteiger partial charge on any atom is 0.437 e. The number of thioether (sulfide) groups is 1. The van der Waals surface area contributed by atoms with Gasteiger partial charge in [0.2, 0.25) is 5.76 Å². The number of hydrogen-bond acceptors (Lipinski definition) is 8. The first-order valence-electron chi connectivity index (χ1n) is 13.5. The SMILES string of the molecule is O=C(Nc1ccc(N2CCN(C(=O)OC3CCCC3)CC2)nc1)c1oc(SC2CCCCC2)nc1C(F)(F)F. The number of alkyl halides is 3. The second-order valence-corrected chi connectivity index (χ2v) is 11.4. The summed E-state index contributed by atoms with van der Waals surface area (Å²) in [5, 5.41) is 2.43. The van der Waals surface area contributed by atoms with E-state index in [1.54, 1.807) is 17.0 Å². The van der Waals surface area contributed by atoms with Crippen molar-refractivity contribution in [3.8, 4) is 0 Å². The number of carbonyl (C=O) groups excluding carboxylic acids is 2. The summed E-state index contributed by atoms with van der Waals surface area (Å²) in [4.78, 5) is 36.8. The fourth-order valence-corrected chi connectivity index (χ4v) is 6.33. The quantitative estimate of drug-likeness (QED) is 0.456. The number of aromatic nitrogens is 2.